The third-order valence-corrected chi connectivity index (χ3v) is 4.73. The zero-order valence-electron chi connectivity index (χ0n) is 13.4. The van der Waals surface area contributed by atoms with Crippen molar-refractivity contribution in [2.45, 2.75) is 31.8 Å². The highest BCUT2D eigenvalue weighted by Crippen LogP contribution is 2.38. The Morgan fingerprint density at radius 3 is 3.00 bits per heavy atom. The number of carbonyl (C=O) groups excluding carboxylic acids is 2. The Balaban J connectivity index is 1.54. The molecule has 24 heavy (non-hydrogen) atoms. The van der Waals surface area contributed by atoms with E-state index in [0.29, 0.717) is 37.2 Å². The van der Waals surface area contributed by atoms with E-state index in [-0.39, 0.29) is 17.5 Å². The topological polar surface area (TPSA) is 72.6 Å². The molecule has 2 aliphatic heterocycles. The molecule has 0 aliphatic carbocycles. The van der Waals surface area contributed by atoms with Gasteiger partial charge in [0.2, 0.25) is 5.76 Å². The van der Waals surface area contributed by atoms with Crippen LogP contribution in [0.1, 0.15) is 46.4 Å². The highest BCUT2D eigenvalue weighted by atomic mass is 16.5. The molecule has 6 heteroatoms. The van der Waals surface area contributed by atoms with Crippen molar-refractivity contribution in [1.29, 1.82) is 0 Å². The van der Waals surface area contributed by atoms with Gasteiger partial charge in [0.1, 0.15) is 11.4 Å². The van der Waals surface area contributed by atoms with Crippen molar-refractivity contribution in [2.24, 2.45) is 0 Å². The molecule has 0 radical (unpaired) electrons. The lowest BCUT2D eigenvalue weighted by atomic mass is 9.89. The summed E-state index contributed by atoms with van der Waals surface area (Å²) in [6.07, 6.45) is 1.65. The second-order valence-electron chi connectivity index (χ2n) is 6.39. The molecule has 0 bridgehead atoms. The first kappa shape index (κ1) is 14.9. The Kier molecular flexibility index (Phi) is 3.40. The van der Waals surface area contributed by atoms with Gasteiger partial charge in [0.15, 0.2) is 5.78 Å². The average Bonchev–Trinajstić information content (AvgIpc) is 3.22. The van der Waals surface area contributed by atoms with Gasteiger partial charge in [-0.1, -0.05) is 24.2 Å². The van der Waals surface area contributed by atoms with Gasteiger partial charge in [0.25, 0.3) is 5.91 Å². The van der Waals surface area contributed by atoms with Crippen LogP contribution in [-0.2, 0) is 6.42 Å². The number of Topliss-reactive ketones (excluding diaryl/α,β-unsaturated/α-hetero) is 1. The smallest absolute Gasteiger partial charge is 0.292 e. The molecule has 0 unspecified atom stereocenters. The van der Waals surface area contributed by atoms with Gasteiger partial charge >= 0.3 is 0 Å². The molecule has 0 N–H and O–H groups in total. The maximum absolute atomic E-state index is 12.6. The zero-order chi connectivity index (χ0) is 16.7. The fourth-order valence-electron chi connectivity index (χ4n) is 3.42. The summed E-state index contributed by atoms with van der Waals surface area (Å²) in [7, 11) is 0. The van der Waals surface area contributed by atoms with Crippen LogP contribution >= 0.6 is 0 Å². The lowest BCUT2D eigenvalue weighted by Gasteiger charge is -2.34. The van der Waals surface area contributed by atoms with Gasteiger partial charge in [-0.3, -0.25) is 9.59 Å². The van der Waals surface area contributed by atoms with Crippen LogP contribution in [0.15, 0.2) is 34.9 Å². The van der Waals surface area contributed by atoms with Crippen LogP contribution in [0.25, 0.3) is 0 Å². The predicted octanol–water partition coefficient (Wildman–Crippen LogP) is 2.49. The number of aromatic nitrogens is 1. The molecule has 1 saturated heterocycles. The fourth-order valence-corrected chi connectivity index (χ4v) is 3.42. The van der Waals surface area contributed by atoms with Crippen LogP contribution in [-0.4, -0.2) is 40.4 Å². The molecule has 1 atom stereocenters. The summed E-state index contributed by atoms with van der Waals surface area (Å²) >= 11 is 0. The minimum atomic E-state index is -0.630. The van der Waals surface area contributed by atoms with Gasteiger partial charge < -0.3 is 14.2 Å². The fraction of sp³-hybridized carbons (Fsp3) is 0.389. The number of fused-ring (bicyclic) bond motifs is 1. The minimum Gasteiger partial charge on any atom is -0.484 e. The summed E-state index contributed by atoms with van der Waals surface area (Å²) < 4.78 is 11.3. The van der Waals surface area contributed by atoms with Crippen LogP contribution in [0.2, 0.25) is 0 Å². The Hall–Kier alpha value is -2.63. The second kappa shape index (κ2) is 5.47. The average molecular weight is 326 g/mol. The third kappa shape index (κ3) is 2.38. The molecular formula is C18H18N2O4. The lowest BCUT2D eigenvalue weighted by Crippen LogP contribution is -2.45. The first-order valence-electron chi connectivity index (χ1n) is 8.16. The van der Waals surface area contributed by atoms with Gasteiger partial charge in [-0.05, 0) is 18.6 Å². The maximum atomic E-state index is 12.6. The number of hydrogen-bond acceptors (Lipinski definition) is 5. The summed E-state index contributed by atoms with van der Waals surface area (Å²) in [5.41, 5.74) is 0.746. The standard InChI is InChI=1S/C18H18N2O4/c1-2-12-9-16(24-19-12)17(22)20-8-7-18(11-20)10-14(21)13-5-3-4-6-15(13)23-18/h3-6,9H,2,7-8,10-11H2,1H3/t18-/m0/s1. The molecule has 6 nitrogen and oxygen atoms in total. The first-order chi connectivity index (χ1) is 11.6. The van der Waals surface area contributed by atoms with Crippen molar-refractivity contribution < 1.29 is 18.8 Å². The van der Waals surface area contributed by atoms with E-state index in [9.17, 15) is 9.59 Å². The first-order valence-corrected chi connectivity index (χ1v) is 8.16. The SMILES string of the molecule is CCc1cc(C(=O)N2CC[C@]3(CC(=O)c4ccccc4O3)C2)on1. The molecule has 124 valence electrons. The Morgan fingerprint density at radius 2 is 2.21 bits per heavy atom. The number of hydrogen-bond donors (Lipinski definition) is 0. The van der Waals surface area contributed by atoms with Crippen LogP contribution in [0, 0.1) is 0 Å². The van der Waals surface area contributed by atoms with Crippen molar-refractivity contribution >= 4 is 11.7 Å². The number of aryl methyl sites for hydroxylation is 1. The summed E-state index contributed by atoms with van der Waals surface area (Å²) in [6, 6.07) is 8.95. The van der Waals surface area contributed by atoms with Crippen LogP contribution in [0.3, 0.4) is 0 Å². The second-order valence-corrected chi connectivity index (χ2v) is 6.39. The summed E-state index contributed by atoms with van der Waals surface area (Å²) in [5.74, 6) is 0.718. The molecule has 4 rings (SSSR count). The molecule has 2 aromatic rings. The number of carbonyl (C=O) groups is 2. The van der Waals surface area contributed by atoms with Gasteiger partial charge in [0.05, 0.1) is 24.2 Å². The molecule has 1 spiro atoms. The van der Waals surface area contributed by atoms with Crippen LogP contribution in [0.4, 0.5) is 0 Å². The van der Waals surface area contributed by atoms with Gasteiger partial charge in [0, 0.05) is 19.0 Å². The zero-order valence-corrected chi connectivity index (χ0v) is 13.4. The Morgan fingerprint density at radius 1 is 1.38 bits per heavy atom. The lowest BCUT2D eigenvalue weighted by molar-refractivity contribution is 0.0419. The third-order valence-electron chi connectivity index (χ3n) is 4.73. The van der Waals surface area contributed by atoms with E-state index < -0.39 is 5.60 Å². The van der Waals surface area contributed by atoms with E-state index in [1.165, 1.54) is 0 Å². The van der Waals surface area contributed by atoms with Crippen molar-refractivity contribution in [3.05, 3.63) is 47.3 Å². The number of para-hydroxylation sites is 1. The molecule has 1 aromatic heterocycles. The highest BCUT2D eigenvalue weighted by Gasteiger charge is 2.47. The summed E-state index contributed by atoms with van der Waals surface area (Å²) in [5, 5.41) is 3.87. The van der Waals surface area contributed by atoms with E-state index in [4.69, 9.17) is 9.26 Å². The van der Waals surface area contributed by atoms with Crippen molar-refractivity contribution in [1.82, 2.24) is 10.1 Å². The minimum absolute atomic E-state index is 0.0686. The summed E-state index contributed by atoms with van der Waals surface area (Å²) in [4.78, 5) is 26.7. The largest absolute Gasteiger partial charge is 0.484 e. The molecule has 1 amide bonds. The number of benzene rings is 1. The van der Waals surface area contributed by atoms with Gasteiger partial charge in [-0.15, -0.1) is 0 Å². The molecule has 1 fully saturated rings. The van der Waals surface area contributed by atoms with Crippen LogP contribution in [0.5, 0.6) is 5.75 Å². The number of ketones is 1. The van der Waals surface area contributed by atoms with Crippen molar-refractivity contribution in [2.75, 3.05) is 13.1 Å². The number of likely N-dealkylation sites (tertiary alicyclic amines) is 1. The van der Waals surface area contributed by atoms with E-state index in [1.807, 2.05) is 25.1 Å². The van der Waals surface area contributed by atoms with Crippen LogP contribution < -0.4 is 4.74 Å². The Labute approximate surface area is 139 Å². The Bertz CT molecular complexity index is 813. The summed E-state index contributed by atoms with van der Waals surface area (Å²) in [6.45, 7) is 2.88. The number of rotatable bonds is 2. The molecule has 0 saturated carbocycles. The predicted molar refractivity (Wildman–Crippen MR) is 85.2 cm³/mol. The van der Waals surface area contributed by atoms with Gasteiger partial charge in [-0.25, -0.2) is 0 Å². The number of ether oxygens (including phenoxy) is 1. The van der Waals surface area contributed by atoms with E-state index >= 15 is 0 Å². The number of amides is 1. The van der Waals surface area contributed by atoms with E-state index in [1.54, 1.807) is 17.0 Å². The van der Waals surface area contributed by atoms with Crippen molar-refractivity contribution in [3.63, 3.8) is 0 Å². The molecule has 1 aromatic carbocycles. The van der Waals surface area contributed by atoms with Gasteiger partial charge in [-0.2, -0.15) is 0 Å². The molecule has 3 heterocycles. The highest BCUT2D eigenvalue weighted by molar-refractivity contribution is 6.00. The normalized spacial score (nSPS) is 22.5. The monoisotopic (exact) mass is 326 g/mol. The maximum Gasteiger partial charge on any atom is 0.292 e. The molecule has 2 aliphatic rings. The van der Waals surface area contributed by atoms with Crippen molar-refractivity contribution in [3.8, 4) is 5.75 Å². The van der Waals surface area contributed by atoms with E-state index in [0.717, 1.165) is 12.1 Å². The van der Waals surface area contributed by atoms with E-state index in [2.05, 4.69) is 5.16 Å². The quantitative estimate of drug-likeness (QED) is 0.848. The number of nitrogens with zero attached hydrogens (tertiary/aromatic N) is 2. The molecular weight excluding hydrogens is 308 g/mol.